The van der Waals surface area contributed by atoms with E-state index in [1.54, 1.807) is 0 Å². The highest BCUT2D eigenvalue weighted by Gasteiger charge is 2.26. The van der Waals surface area contributed by atoms with E-state index < -0.39 is 0 Å². The van der Waals surface area contributed by atoms with E-state index in [1.807, 2.05) is 0 Å². The fourth-order valence-electron chi connectivity index (χ4n) is 2.97. The molecule has 112 valence electrons. The first kappa shape index (κ1) is 15.3. The van der Waals surface area contributed by atoms with E-state index in [9.17, 15) is 0 Å². The van der Waals surface area contributed by atoms with Crippen molar-refractivity contribution in [1.29, 1.82) is 0 Å². The molecule has 2 rings (SSSR count). The third-order valence-electron chi connectivity index (χ3n) is 4.19. The highest BCUT2D eigenvalue weighted by molar-refractivity contribution is 5.52. The first-order valence-corrected chi connectivity index (χ1v) is 7.80. The number of benzene rings is 1. The van der Waals surface area contributed by atoms with Gasteiger partial charge in [0.2, 0.25) is 0 Å². The molecule has 1 aliphatic heterocycles. The zero-order chi connectivity index (χ0) is 14.4. The Hall–Kier alpha value is -1.06. The highest BCUT2D eigenvalue weighted by Crippen LogP contribution is 2.22. The quantitative estimate of drug-likeness (QED) is 0.829. The van der Waals surface area contributed by atoms with Gasteiger partial charge in [-0.3, -0.25) is 0 Å². The number of nitrogens with one attached hydrogen (secondary N) is 1. The van der Waals surface area contributed by atoms with Gasteiger partial charge < -0.3 is 15.0 Å². The van der Waals surface area contributed by atoms with Crippen molar-refractivity contribution in [2.75, 3.05) is 38.3 Å². The average Bonchev–Trinajstić information content (AvgIpc) is 2.97. The van der Waals surface area contributed by atoms with Crippen molar-refractivity contribution in [3.63, 3.8) is 0 Å². The van der Waals surface area contributed by atoms with Gasteiger partial charge in [0.05, 0.1) is 6.61 Å². The summed E-state index contributed by atoms with van der Waals surface area (Å²) in [6.07, 6.45) is 2.36. The molecule has 1 N–H and O–H groups in total. The van der Waals surface area contributed by atoms with Crippen LogP contribution < -0.4 is 10.2 Å². The molecular formula is C17H28N2O. The Morgan fingerprint density at radius 2 is 2.20 bits per heavy atom. The van der Waals surface area contributed by atoms with Crippen molar-refractivity contribution < 1.29 is 4.74 Å². The smallest absolute Gasteiger partial charge is 0.0510 e. The highest BCUT2D eigenvalue weighted by atomic mass is 16.5. The number of para-hydroxylation sites is 1. The molecule has 1 heterocycles. The van der Waals surface area contributed by atoms with Gasteiger partial charge in [-0.1, -0.05) is 25.1 Å². The van der Waals surface area contributed by atoms with Crippen LogP contribution in [0.5, 0.6) is 0 Å². The van der Waals surface area contributed by atoms with Gasteiger partial charge in [0, 0.05) is 37.8 Å². The zero-order valence-electron chi connectivity index (χ0n) is 13.1. The predicted octanol–water partition coefficient (Wildman–Crippen LogP) is 2.84. The lowest BCUT2D eigenvalue weighted by atomic mass is 9.98. The standard InChI is InChI=1S/C17H28N2O/c1-4-10-18-16(15-9-11-20-13-15)12-19(3)17-8-6-5-7-14(17)2/h5-8,15-16,18H,4,9-13H2,1-3H3. The van der Waals surface area contributed by atoms with Crippen LogP contribution in [0, 0.1) is 12.8 Å². The minimum absolute atomic E-state index is 0.516. The fraction of sp³-hybridized carbons (Fsp3) is 0.647. The second-order valence-electron chi connectivity index (χ2n) is 5.85. The Balaban J connectivity index is 2.00. The fourth-order valence-corrected chi connectivity index (χ4v) is 2.97. The summed E-state index contributed by atoms with van der Waals surface area (Å²) in [6.45, 7) is 8.35. The predicted molar refractivity (Wildman–Crippen MR) is 85.5 cm³/mol. The summed E-state index contributed by atoms with van der Waals surface area (Å²) in [4.78, 5) is 2.38. The number of rotatable bonds is 7. The van der Waals surface area contributed by atoms with Crippen LogP contribution in [0.3, 0.4) is 0 Å². The molecule has 20 heavy (non-hydrogen) atoms. The molecule has 1 aromatic carbocycles. The first-order chi connectivity index (χ1) is 9.72. The van der Waals surface area contributed by atoms with Gasteiger partial charge in [0.1, 0.15) is 0 Å². The third-order valence-corrected chi connectivity index (χ3v) is 4.19. The number of hydrogen-bond acceptors (Lipinski definition) is 3. The third kappa shape index (κ3) is 3.97. The van der Waals surface area contributed by atoms with Crippen molar-refractivity contribution in [3.8, 4) is 0 Å². The molecule has 2 atom stereocenters. The van der Waals surface area contributed by atoms with Crippen molar-refractivity contribution >= 4 is 5.69 Å². The van der Waals surface area contributed by atoms with Crippen LogP contribution in [0.25, 0.3) is 0 Å². The maximum atomic E-state index is 5.57. The lowest BCUT2D eigenvalue weighted by Crippen LogP contribution is -2.45. The van der Waals surface area contributed by atoms with Crippen LogP contribution in [-0.4, -0.2) is 39.4 Å². The van der Waals surface area contributed by atoms with Crippen LogP contribution >= 0.6 is 0 Å². The normalized spacial score (nSPS) is 20.1. The molecule has 0 aliphatic carbocycles. The Kier molecular flexibility index (Phi) is 5.86. The Labute approximate surface area is 123 Å². The van der Waals surface area contributed by atoms with E-state index in [0.29, 0.717) is 12.0 Å². The maximum Gasteiger partial charge on any atom is 0.0510 e. The van der Waals surface area contributed by atoms with Crippen molar-refractivity contribution in [2.24, 2.45) is 5.92 Å². The van der Waals surface area contributed by atoms with E-state index in [4.69, 9.17) is 4.74 Å². The van der Waals surface area contributed by atoms with Gasteiger partial charge in [0.25, 0.3) is 0 Å². The summed E-state index contributed by atoms with van der Waals surface area (Å²) in [5.74, 6) is 0.646. The molecule has 1 fully saturated rings. The molecule has 0 amide bonds. The van der Waals surface area contributed by atoms with Crippen LogP contribution in [0.1, 0.15) is 25.3 Å². The summed E-state index contributed by atoms with van der Waals surface area (Å²) in [5, 5.41) is 3.71. The topological polar surface area (TPSA) is 24.5 Å². The van der Waals surface area contributed by atoms with Crippen LogP contribution in [0.4, 0.5) is 5.69 Å². The number of ether oxygens (including phenoxy) is 1. The van der Waals surface area contributed by atoms with Crippen molar-refractivity contribution in [3.05, 3.63) is 29.8 Å². The molecule has 0 bridgehead atoms. The maximum absolute atomic E-state index is 5.57. The zero-order valence-corrected chi connectivity index (χ0v) is 13.1. The molecule has 3 nitrogen and oxygen atoms in total. The summed E-state index contributed by atoms with van der Waals surface area (Å²) in [7, 11) is 2.19. The molecule has 0 aromatic heterocycles. The van der Waals surface area contributed by atoms with Crippen LogP contribution in [0.2, 0.25) is 0 Å². The van der Waals surface area contributed by atoms with Gasteiger partial charge >= 0.3 is 0 Å². The van der Waals surface area contributed by atoms with Gasteiger partial charge in [-0.05, 0) is 37.9 Å². The van der Waals surface area contributed by atoms with E-state index in [0.717, 1.165) is 26.3 Å². The minimum atomic E-state index is 0.516. The Morgan fingerprint density at radius 1 is 1.40 bits per heavy atom. The van der Waals surface area contributed by atoms with Crippen molar-refractivity contribution in [1.82, 2.24) is 5.32 Å². The summed E-state index contributed by atoms with van der Waals surface area (Å²) >= 11 is 0. The molecule has 1 saturated heterocycles. The lowest BCUT2D eigenvalue weighted by Gasteiger charge is -2.30. The lowest BCUT2D eigenvalue weighted by molar-refractivity contribution is 0.177. The summed E-state index contributed by atoms with van der Waals surface area (Å²) in [6, 6.07) is 9.12. The Bertz CT molecular complexity index is 402. The van der Waals surface area contributed by atoms with Crippen LogP contribution in [0.15, 0.2) is 24.3 Å². The molecule has 0 spiro atoms. The van der Waals surface area contributed by atoms with E-state index >= 15 is 0 Å². The van der Waals surface area contributed by atoms with E-state index in [1.165, 1.54) is 24.1 Å². The molecule has 3 heteroatoms. The summed E-state index contributed by atoms with van der Waals surface area (Å²) in [5.41, 5.74) is 2.67. The largest absolute Gasteiger partial charge is 0.381 e. The van der Waals surface area contributed by atoms with E-state index in [2.05, 4.69) is 55.4 Å². The minimum Gasteiger partial charge on any atom is -0.381 e. The molecule has 1 aliphatic rings. The van der Waals surface area contributed by atoms with Crippen LogP contribution in [-0.2, 0) is 4.74 Å². The second kappa shape index (κ2) is 7.65. The van der Waals surface area contributed by atoms with Gasteiger partial charge in [0.15, 0.2) is 0 Å². The van der Waals surface area contributed by atoms with Gasteiger partial charge in [-0.25, -0.2) is 0 Å². The number of aryl methyl sites for hydroxylation is 1. The molecular weight excluding hydrogens is 248 g/mol. The number of hydrogen-bond donors (Lipinski definition) is 1. The Morgan fingerprint density at radius 3 is 2.85 bits per heavy atom. The molecule has 1 aromatic rings. The van der Waals surface area contributed by atoms with Gasteiger partial charge in [-0.15, -0.1) is 0 Å². The molecule has 2 unspecified atom stereocenters. The van der Waals surface area contributed by atoms with Gasteiger partial charge in [-0.2, -0.15) is 0 Å². The van der Waals surface area contributed by atoms with E-state index in [-0.39, 0.29) is 0 Å². The average molecular weight is 276 g/mol. The number of nitrogens with zero attached hydrogens (tertiary/aromatic N) is 1. The van der Waals surface area contributed by atoms with Crippen molar-refractivity contribution in [2.45, 2.75) is 32.7 Å². The summed E-state index contributed by atoms with van der Waals surface area (Å²) < 4.78 is 5.57. The second-order valence-corrected chi connectivity index (χ2v) is 5.85. The number of anilines is 1. The molecule has 0 radical (unpaired) electrons. The monoisotopic (exact) mass is 276 g/mol. The first-order valence-electron chi connectivity index (χ1n) is 7.80. The molecule has 0 saturated carbocycles. The number of likely N-dealkylation sites (N-methyl/N-ethyl adjacent to an activating group) is 1. The SMILES string of the molecule is CCCNC(CN(C)c1ccccc1C)C1CCOC1.